The number of benzene rings is 3. The van der Waals surface area contributed by atoms with Crippen LogP contribution < -0.4 is 4.74 Å². The summed E-state index contributed by atoms with van der Waals surface area (Å²) in [4.78, 5) is 19.0. The number of rotatable bonds is 9. The van der Waals surface area contributed by atoms with E-state index in [-0.39, 0.29) is 12.7 Å². The molecule has 0 fully saturated rings. The van der Waals surface area contributed by atoms with Gasteiger partial charge in [0.25, 0.3) is 0 Å². The van der Waals surface area contributed by atoms with Crippen LogP contribution in [0, 0.1) is 19.3 Å². The number of ketones is 1. The van der Waals surface area contributed by atoms with Crippen LogP contribution in [0.4, 0.5) is 0 Å². The third-order valence-corrected chi connectivity index (χ3v) is 9.84. The van der Waals surface area contributed by atoms with Crippen molar-refractivity contribution >= 4 is 28.4 Å². The van der Waals surface area contributed by atoms with Crippen molar-refractivity contribution in [3.8, 4) is 16.9 Å². The second kappa shape index (κ2) is 11.7. The number of carbonyl (C=O) groups is 1. The lowest BCUT2D eigenvalue weighted by atomic mass is 9.84. The Hall–Kier alpha value is -3.83. The Bertz CT molecular complexity index is 1830. The second-order valence-electron chi connectivity index (χ2n) is 12.5. The molecule has 0 N–H and O–H groups in total. The molecular weight excluding hydrogens is 548 g/mol. The lowest BCUT2D eigenvalue weighted by molar-refractivity contribution is -0.124. The van der Waals surface area contributed by atoms with Crippen LogP contribution >= 0.6 is 11.8 Å². The lowest BCUT2D eigenvalue weighted by Crippen LogP contribution is -2.26. The zero-order valence-corrected chi connectivity index (χ0v) is 26.6. The van der Waals surface area contributed by atoms with Crippen molar-refractivity contribution in [3.05, 3.63) is 113 Å². The average Bonchev–Trinajstić information content (AvgIpc) is 3.29. The summed E-state index contributed by atoms with van der Waals surface area (Å²) < 4.78 is 16.7. The van der Waals surface area contributed by atoms with Crippen LogP contribution in [-0.2, 0) is 30.8 Å². The molecule has 1 atom stereocenters. The summed E-state index contributed by atoms with van der Waals surface area (Å²) in [5, 5.41) is 1.61. The smallest absolute Gasteiger partial charge is 0.135 e. The van der Waals surface area contributed by atoms with Crippen LogP contribution in [0.15, 0.2) is 83.8 Å². The summed E-state index contributed by atoms with van der Waals surface area (Å²) >= 11 is 1.90. The molecule has 3 aromatic carbocycles. The highest BCUT2D eigenvalue weighted by molar-refractivity contribution is 8.00. The molecule has 6 rings (SSSR count). The van der Waals surface area contributed by atoms with Crippen molar-refractivity contribution in [3.63, 3.8) is 0 Å². The van der Waals surface area contributed by atoms with Gasteiger partial charge in [0.05, 0.1) is 11.2 Å². The number of nitrogens with zero attached hydrogens (tertiary/aromatic N) is 2. The molecule has 0 spiro atoms. The van der Waals surface area contributed by atoms with Gasteiger partial charge in [-0.2, -0.15) is 0 Å². The quantitative estimate of drug-likeness (QED) is 0.172. The highest BCUT2D eigenvalue weighted by Gasteiger charge is 2.33. The van der Waals surface area contributed by atoms with Gasteiger partial charge in [0.2, 0.25) is 0 Å². The summed E-state index contributed by atoms with van der Waals surface area (Å²) in [7, 11) is 0. The maximum absolute atomic E-state index is 12.9. The average molecular weight is 591 g/mol. The number of carbonyl (C=O) groups excluding carboxylic acids is 1. The first-order valence-corrected chi connectivity index (χ1v) is 15.9. The molecule has 0 aliphatic carbocycles. The standard InChI is InChI=1S/C38H40N2O2S/c1-24-12-14-28(15-13-24)22-40-33-18-19-35(42-23-30-16-17-31(26(3)39-30)29-10-8-7-9-11-29)32-20-25(2)43-37(36(32)33)34(40)21-38(5,6)27(4)41/h7-19,25H,20-23H2,1-6H3/i4T. The van der Waals surface area contributed by atoms with Crippen molar-refractivity contribution < 1.29 is 10.9 Å². The van der Waals surface area contributed by atoms with E-state index in [1.807, 2.05) is 31.7 Å². The number of aromatic nitrogens is 2. The number of pyridine rings is 1. The number of hydrogen-bond acceptors (Lipinski definition) is 4. The molecule has 5 heteroatoms. The van der Waals surface area contributed by atoms with E-state index >= 15 is 0 Å². The van der Waals surface area contributed by atoms with E-state index in [2.05, 4.69) is 98.1 Å². The van der Waals surface area contributed by atoms with E-state index in [0.29, 0.717) is 18.3 Å². The molecule has 5 aromatic rings. The summed E-state index contributed by atoms with van der Waals surface area (Å²) in [6.45, 7) is 11.3. The van der Waals surface area contributed by atoms with Crippen molar-refractivity contribution in [2.24, 2.45) is 5.41 Å². The SMILES string of the molecule is [3H]CC(=O)C(C)(C)Cc1c2c3c(c(OCc4ccc(-c5ccccc5)c(C)n4)ccc3n1Cc1ccc(C)cc1)CC(C)S2. The Morgan fingerprint density at radius 3 is 2.53 bits per heavy atom. The molecule has 0 radical (unpaired) electrons. The van der Waals surface area contributed by atoms with Gasteiger partial charge in [-0.15, -0.1) is 11.8 Å². The fourth-order valence-electron chi connectivity index (χ4n) is 6.02. The molecule has 4 nitrogen and oxygen atoms in total. The Labute approximate surface area is 260 Å². The second-order valence-corrected chi connectivity index (χ2v) is 13.9. The van der Waals surface area contributed by atoms with E-state index in [1.165, 1.54) is 38.2 Å². The van der Waals surface area contributed by atoms with Gasteiger partial charge >= 0.3 is 0 Å². The number of Topliss-reactive ketones (excluding diaryl/α,β-unsaturated/α-hetero) is 1. The predicted molar refractivity (Wildman–Crippen MR) is 178 cm³/mol. The van der Waals surface area contributed by atoms with E-state index in [1.54, 1.807) is 0 Å². The molecule has 3 heterocycles. The molecular formula is C38H40N2O2S. The van der Waals surface area contributed by atoms with Gasteiger partial charge in [-0.3, -0.25) is 9.78 Å². The van der Waals surface area contributed by atoms with Crippen LogP contribution in [0.3, 0.4) is 0 Å². The highest BCUT2D eigenvalue weighted by atomic mass is 32.2. The van der Waals surface area contributed by atoms with Crippen LogP contribution in [0.5, 0.6) is 5.75 Å². The molecule has 1 aliphatic heterocycles. The number of ether oxygens (including phenoxy) is 1. The van der Waals surface area contributed by atoms with E-state index in [9.17, 15) is 4.79 Å². The van der Waals surface area contributed by atoms with E-state index in [0.717, 1.165) is 41.2 Å². The first-order chi connectivity index (χ1) is 21.1. The molecule has 220 valence electrons. The zero-order chi connectivity index (χ0) is 31.0. The molecule has 0 saturated heterocycles. The van der Waals surface area contributed by atoms with Crippen molar-refractivity contribution in [2.45, 2.75) is 77.7 Å². The van der Waals surface area contributed by atoms with E-state index < -0.39 is 5.41 Å². The maximum Gasteiger partial charge on any atom is 0.135 e. The van der Waals surface area contributed by atoms with Crippen molar-refractivity contribution in [1.82, 2.24) is 9.55 Å². The molecule has 0 saturated carbocycles. The van der Waals surface area contributed by atoms with Gasteiger partial charge in [0.15, 0.2) is 0 Å². The topological polar surface area (TPSA) is 44.1 Å². The third kappa shape index (κ3) is 5.88. The van der Waals surface area contributed by atoms with Crippen LogP contribution in [-0.4, -0.2) is 20.6 Å². The normalized spacial score (nSPS) is 15.0. The lowest BCUT2D eigenvalue weighted by Gasteiger charge is -2.25. The van der Waals surface area contributed by atoms with Crippen molar-refractivity contribution in [2.75, 3.05) is 0 Å². The van der Waals surface area contributed by atoms with Crippen LogP contribution in [0.1, 0.15) is 62.8 Å². The van der Waals surface area contributed by atoms with Gasteiger partial charge in [0, 0.05) is 57.8 Å². The molecule has 0 bridgehead atoms. The first-order valence-electron chi connectivity index (χ1n) is 15.7. The van der Waals surface area contributed by atoms with Gasteiger partial charge in [-0.25, -0.2) is 0 Å². The van der Waals surface area contributed by atoms with Gasteiger partial charge in [-0.1, -0.05) is 87.0 Å². The number of aryl methyl sites for hydroxylation is 2. The summed E-state index contributed by atoms with van der Waals surface area (Å²) in [6.07, 6.45) is 1.50. The van der Waals surface area contributed by atoms with Crippen molar-refractivity contribution in [1.29, 1.82) is 0 Å². The largest absolute Gasteiger partial charge is 0.487 e. The Balaban J connectivity index is 1.39. The minimum absolute atomic E-state index is 0.0315. The zero-order valence-electron chi connectivity index (χ0n) is 26.7. The minimum Gasteiger partial charge on any atom is -0.487 e. The first kappa shape index (κ1) is 28.0. The van der Waals surface area contributed by atoms with Gasteiger partial charge in [-0.05, 0) is 56.5 Å². The monoisotopic (exact) mass is 590 g/mol. The molecule has 1 unspecified atom stereocenters. The fourth-order valence-corrected chi connectivity index (χ4v) is 7.34. The van der Waals surface area contributed by atoms with Crippen LogP contribution in [0.2, 0.25) is 0 Å². The summed E-state index contributed by atoms with van der Waals surface area (Å²) in [6, 6.07) is 27.5. The molecule has 43 heavy (non-hydrogen) atoms. The van der Waals surface area contributed by atoms with Gasteiger partial charge < -0.3 is 9.30 Å². The molecule has 0 amide bonds. The predicted octanol–water partition coefficient (Wildman–Crippen LogP) is 9.14. The Kier molecular flexibility index (Phi) is 7.60. The van der Waals surface area contributed by atoms with Crippen LogP contribution in [0.25, 0.3) is 22.0 Å². The number of thioether (sulfide) groups is 1. The maximum atomic E-state index is 12.9. The number of hydrogen-bond donors (Lipinski definition) is 0. The molecule has 1 aliphatic rings. The highest BCUT2D eigenvalue weighted by Crippen LogP contribution is 2.48. The fraction of sp³-hybridized carbons (Fsp3) is 0.316. The summed E-state index contributed by atoms with van der Waals surface area (Å²) in [5.74, 6) is 0.869. The third-order valence-electron chi connectivity index (χ3n) is 8.59. The molecule has 2 aromatic heterocycles. The van der Waals surface area contributed by atoms with E-state index in [4.69, 9.17) is 11.1 Å². The Morgan fingerprint density at radius 2 is 1.81 bits per heavy atom. The Morgan fingerprint density at radius 1 is 1.05 bits per heavy atom. The minimum atomic E-state index is -0.631. The summed E-state index contributed by atoms with van der Waals surface area (Å²) in [5.41, 5.74) is 9.61. The van der Waals surface area contributed by atoms with Gasteiger partial charge in [0.1, 0.15) is 18.1 Å².